The van der Waals surface area contributed by atoms with E-state index in [0.29, 0.717) is 5.91 Å². The zero-order chi connectivity index (χ0) is 19.3. The van der Waals surface area contributed by atoms with Crippen molar-refractivity contribution in [2.45, 2.75) is 58.4 Å². The summed E-state index contributed by atoms with van der Waals surface area (Å²) in [5.41, 5.74) is 2.25. The molecule has 5 heteroatoms. The molecule has 2 aliphatic rings. The highest BCUT2D eigenvalue weighted by atomic mass is 16.2. The van der Waals surface area contributed by atoms with Gasteiger partial charge in [0.25, 0.3) is 0 Å². The molecule has 1 aliphatic carbocycles. The summed E-state index contributed by atoms with van der Waals surface area (Å²) in [5.74, 6) is 1.57. The Morgan fingerprint density at radius 1 is 1.11 bits per heavy atom. The van der Waals surface area contributed by atoms with Gasteiger partial charge in [-0.2, -0.15) is 5.10 Å². The third-order valence-corrected chi connectivity index (χ3v) is 6.65. The third kappa shape index (κ3) is 4.57. The van der Waals surface area contributed by atoms with Crippen molar-refractivity contribution in [1.82, 2.24) is 19.4 Å². The van der Waals surface area contributed by atoms with Crippen molar-refractivity contribution >= 4 is 11.4 Å². The molecule has 2 aromatic rings. The number of rotatable bonds is 6. The Bertz CT molecular complexity index is 737. The first kappa shape index (κ1) is 19.4. The van der Waals surface area contributed by atoms with E-state index >= 15 is 0 Å². The van der Waals surface area contributed by atoms with Gasteiger partial charge in [-0.05, 0) is 49.8 Å². The van der Waals surface area contributed by atoms with E-state index in [0.717, 1.165) is 62.7 Å². The highest BCUT2D eigenvalue weighted by Crippen LogP contribution is 2.33. The lowest BCUT2D eigenvalue weighted by Gasteiger charge is -2.37. The maximum atomic E-state index is 12.9. The van der Waals surface area contributed by atoms with Crippen molar-refractivity contribution in [3.63, 3.8) is 0 Å². The van der Waals surface area contributed by atoms with Crippen LogP contribution in [-0.2, 0) is 11.3 Å². The molecule has 4 rings (SSSR count). The molecule has 0 bridgehead atoms. The van der Waals surface area contributed by atoms with Gasteiger partial charge in [0, 0.05) is 44.8 Å². The number of hydrogen-bond donors (Lipinski definition) is 0. The fraction of sp³-hybridized carbons (Fsp3) is 0.652. The summed E-state index contributed by atoms with van der Waals surface area (Å²) in [7, 11) is 0. The third-order valence-electron chi connectivity index (χ3n) is 6.65. The molecule has 0 spiro atoms. The van der Waals surface area contributed by atoms with Gasteiger partial charge < -0.3 is 4.90 Å². The van der Waals surface area contributed by atoms with E-state index in [1.54, 1.807) is 0 Å². The number of hydrogen-bond acceptors (Lipinski definition) is 3. The van der Waals surface area contributed by atoms with E-state index in [9.17, 15) is 4.79 Å². The first-order valence-electron chi connectivity index (χ1n) is 11.2. The van der Waals surface area contributed by atoms with Gasteiger partial charge in [-0.15, -0.1) is 0 Å². The Morgan fingerprint density at radius 2 is 1.89 bits per heavy atom. The Hall–Kier alpha value is -1.88. The molecule has 1 amide bonds. The SMILES string of the molecule is CCCCC1CCC(C(=O)N2CCN(Cc3cc4ccccn4n3)CC2)CC1. The van der Waals surface area contributed by atoms with Crippen LogP contribution >= 0.6 is 0 Å². The van der Waals surface area contributed by atoms with Crippen LogP contribution in [0.2, 0.25) is 0 Å². The highest BCUT2D eigenvalue weighted by Gasteiger charge is 2.31. The summed E-state index contributed by atoms with van der Waals surface area (Å²) < 4.78 is 1.94. The lowest BCUT2D eigenvalue weighted by molar-refractivity contribution is -0.138. The lowest BCUT2D eigenvalue weighted by atomic mass is 9.79. The molecule has 1 aliphatic heterocycles. The highest BCUT2D eigenvalue weighted by molar-refractivity contribution is 5.79. The fourth-order valence-electron chi connectivity index (χ4n) is 4.87. The van der Waals surface area contributed by atoms with Gasteiger partial charge in [0.2, 0.25) is 5.91 Å². The molecule has 3 heterocycles. The zero-order valence-corrected chi connectivity index (χ0v) is 17.2. The average molecular weight is 383 g/mol. The lowest BCUT2D eigenvalue weighted by Crippen LogP contribution is -2.50. The van der Waals surface area contributed by atoms with Crippen molar-refractivity contribution < 1.29 is 4.79 Å². The number of piperazine rings is 1. The molecule has 2 fully saturated rings. The number of carbonyl (C=O) groups is 1. The van der Waals surface area contributed by atoms with Crippen LogP contribution in [0.4, 0.5) is 0 Å². The monoisotopic (exact) mass is 382 g/mol. The van der Waals surface area contributed by atoms with Crippen LogP contribution in [0.15, 0.2) is 30.5 Å². The van der Waals surface area contributed by atoms with Gasteiger partial charge >= 0.3 is 0 Å². The normalized spacial score (nSPS) is 24.0. The minimum Gasteiger partial charge on any atom is -0.340 e. The number of carbonyl (C=O) groups excluding carboxylic acids is 1. The number of amides is 1. The molecule has 0 N–H and O–H groups in total. The second-order valence-electron chi connectivity index (χ2n) is 8.67. The van der Waals surface area contributed by atoms with Gasteiger partial charge in [0.1, 0.15) is 0 Å². The zero-order valence-electron chi connectivity index (χ0n) is 17.2. The number of nitrogens with zero attached hydrogens (tertiary/aromatic N) is 4. The Labute approximate surface area is 168 Å². The van der Waals surface area contributed by atoms with Crippen molar-refractivity contribution in [2.75, 3.05) is 26.2 Å². The van der Waals surface area contributed by atoms with Crippen LogP contribution in [-0.4, -0.2) is 51.5 Å². The summed E-state index contributed by atoms with van der Waals surface area (Å²) in [5, 5.41) is 4.66. The van der Waals surface area contributed by atoms with Crippen molar-refractivity contribution in [1.29, 1.82) is 0 Å². The molecule has 28 heavy (non-hydrogen) atoms. The minimum absolute atomic E-state index is 0.280. The van der Waals surface area contributed by atoms with Crippen LogP contribution in [0.1, 0.15) is 57.6 Å². The molecular weight excluding hydrogens is 348 g/mol. The van der Waals surface area contributed by atoms with Gasteiger partial charge in [-0.3, -0.25) is 9.69 Å². The Kier molecular flexibility index (Phi) is 6.30. The average Bonchev–Trinajstić information content (AvgIpc) is 3.15. The summed E-state index contributed by atoms with van der Waals surface area (Å²) in [6, 6.07) is 8.30. The van der Waals surface area contributed by atoms with Gasteiger partial charge in [-0.1, -0.05) is 32.3 Å². The molecule has 152 valence electrons. The first-order chi connectivity index (χ1) is 13.7. The maximum Gasteiger partial charge on any atom is 0.225 e. The summed E-state index contributed by atoms with van der Waals surface area (Å²) >= 11 is 0. The summed E-state index contributed by atoms with van der Waals surface area (Å²) in [6.07, 6.45) is 10.7. The van der Waals surface area contributed by atoms with E-state index in [2.05, 4.69) is 34.0 Å². The topological polar surface area (TPSA) is 40.9 Å². The minimum atomic E-state index is 0.280. The van der Waals surface area contributed by atoms with Crippen LogP contribution in [0.5, 0.6) is 0 Å². The standard InChI is InChI=1S/C23H34N4O/c1-2-3-6-19-8-10-20(11-9-19)23(28)26-15-13-25(14-16-26)18-21-17-22-7-4-5-12-27(22)24-21/h4-5,7,12,17,19-20H,2-3,6,8-11,13-16,18H2,1H3. The van der Waals surface area contributed by atoms with Crippen molar-refractivity contribution in [2.24, 2.45) is 11.8 Å². The smallest absolute Gasteiger partial charge is 0.225 e. The molecule has 0 aromatic carbocycles. The number of fused-ring (bicyclic) bond motifs is 1. The van der Waals surface area contributed by atoms with Crippen LogP contribution in [0, 0.1) is 11.8 Å². The molecule has 1 saturated carbocycles. The fourth-order valence-corrected chi connectivity index (χ4v) is 4.87. The maximum absolute atomic E-state index is 12.9. The number of unbranched alkanes of at least 4 members (excludes halogenated alkanes) is 1. The van der Waals surface area contributed by atoms with Crippen molar-refractivity contribution in [3.05, 3.63) is 36.2 Å². The molecular formula is C23H34N4O. The number of aromatic nitrogens is 2. The second-order valence-corrected chi connectivity index (χ2v) is 8.67. The molecule has 1 saturated heterocycles. The Balaban J connectivity index is 1.23. The van der Waals surface area contributed by atoms with E-state index in [-0.39, 0.29) is 5.92 Å². The molecule has 0 unspecified atom stereocenters. The van der Waals surface area contributed by atoms with Gasteiger partial charge in [0.15, 0.2) is 0 Å². The molecule has 2 aromatic heterocycles. The van der Waals surface area contributed by atoms with E-state index in [1.165, 1.54) is 32.1 Å². The number of pyridine rings is 1. The largest absolute Gasteiger partial charge is 0.340 e. The van der Waals surface area contributed by atoms with E-state index in [1.807, 2.05) is 22.8 Å². The molecule has 0 radical (unpaired) electrons. The van der Waals surface area contributed by atoms with Crippen LogP contribution in [0.25, 0.3) is 5.52 Å². The van der Waals surface area contributed by atoms with Gasteiger partial charge in [0.05, 0.1) is 11.2 Å². The molecule has 5 nitrogen and oxygen atoms in total. The van der Waals surface area contributed by atoms with Crippen molar-refractivity contribution in [3.8, 4) is 0 Å². The summed E-state index contributed by atoms with van der Waals surface area (Å²) in [6.45, 7) is 6.76. The van der Waals surface area contributed by atoms with E-state index in [4.69, 9.17) is 0 Å². The molecule has 0 atom stereocenters. The quantitative estimate of drug-likeness (QED) is 0.759. The predicted octanol–water partition coefficient (Wildman–Crippen LogP) is 3.98. The second kappa shape index (κ2) is 9.08. The summed E-state index contributed by atoms with van der Waals surface area (Å²) in [4.78, 5) is 17.5. The van der Waals surface area contributed by atoms with Crippen LogP contribution in [0.3, 0.4) is 0 Å². The van der Waals surface area contributed by atoms with Gasteiger partial charge in [-0.25, -0.2) is 4.52 Å². The Morgan fingerprint density at radius 3 is 2.61 bits per heavy atom. The predicted molar refractivity (Wildman–Crippen MR) is 112 cm³/mol. The first-order valence-corrected chi connectivity index (χ1v) is 11.2. The van der Waals surface area contributed by atoms with Crippen LogP contribution < -0.4 is 0 Å². The van der Waals surface area contributed by atoms with E-state index < -0.39 is 0 Å².